The van der Waals surface area contributed by atoms with E-state index in [0.29, 0.717) is 23.3 Å². The van der Waals surface area contributed by atoms with Gasteiger partial charge in [-0.2, -0.15) is 0 Å². The van der Waals surface area contributed by atoms with Gasteiger partial charge >= 0.3 is 7.12 Å². The van der Waals surface area contributed by atoms with Crippen LogP contribution in [0.3, 0.4) is 0 Å². The van der Waals surface area contributed by atoms with Crippen molar-refractivity contribution in [2.24, 2.45) is 0 Å². The van der Waals surface area contributed by atoms with Gasteiger partial charge in [0.1, 0.15) is 5.75 Å². The maximum absolute atomic E-state index is 12.6. The first-order valence-electron chi connectivity index (χ1n) is 8.74. The van der Waals surface area contributed by atoms with Gasteiger partial charge < -0.3 is 15.0 Å². The monoisotopic (exact) mass is 351 g/mol. The first-order chi connectivity index (χ1) is 12.5. The lowest BCUT2D eigenvalue weighted by atomic mass is 9.64. The first kappa shape index (κ1) is 18.4. The lowest BCUT2D eigenvalue weighted by Crippen LogP contribution is -2.35. The van der Waals surface area contributed by atoms with Crippen LogP contribution in [0.4, 0.5) is 0 Å². The maximum Gasteiger partial charge on any atom is 0.526 e. The molecule has 2 aromatic carbocycles. The second-order valence-corrected chi connectivity index (χ2v) is 6.68. The van der Waals surface area contributed by atoms with Crippen molar-refractivity contribution >= 4 is 18.7 Å². The summed E-state index contributed by atoms with van der Waals surface area (Å²) in [5.41, 5.74) is 3.05. The summed E-state index contributed by atoms with van der Waals surface area (Å²) in [5.74, 6) is -0.0353. The predicted molar refractivity (Wildman–Crippen MR) is 101 cm³/mol. The number of carbonyl (C=O) groups excluding carboxylic acids is 2. The molecule has 0 amide bonds. The molecular formula is C20H22BNO4. The van der Waals surface area contributed by atoms with Gasteiger partial charge in [0.2, 0.25) is 0 Å². The van der Waals surface area contributed by atoms with Crippen LogP contribution in [-0.4, -0.2) is 30.8 Å². The number of hydrogen-bond donors (Lipinski definition) is 2. The minimum absolute atomic E-state index is 0.0279. The Labute approximate surface area is 153 Å². The van der Waals surface area contributed by atoms with Crippen LogP contribution in [0.5, 0.6) is 5.75 Å². The van der Waals surface area contributed by atoms with E-state index in [-0.39, 0.29) is 23.8 Å². The Hall–Kier alpha value is -2.44. The lowest BCUT2D eigenvalue weighted by molar-refractivity contribution is 0.0971. The molecule has 134 valence electrons. The molecule has 0 aromatic heterocycles. The highest BCUT2D eigenvalue weighted by Gasteiger charge is 2.37. The van der Waals surface area contributed by atoms with E-state index in [4.69, 9.17) is 4.65 Å². The molecule has 1 aliphatic heterocycles. The van der Waals surface area contributed by atoms with Crippen molar-refractivity contribution in [1.82, 2.24) is 5.32 Å². The first-order valence-corrected chi connectivity index (χ1v) is 8.74. The van der Waals surface area contributed by atoms with E-state index < -0.39 is 7.12 Å². The van der Waals surface area contributed by atoms with Crippen LogP contribution in [0.25, 0.3) is 0 Å². The SMILES string of the molecule is CNCc1ccc(C(=O)C[C@H]2Cc3cccc(C(C)=O)c3OB2O)cc1. The Morgan fingerprint density at radius 3 is 2.62 bits per heavy atom. The highest BCUT2D eigenvalue weighted by atomic mass is 16.5. The average molecular weight is 351 g/mol. The smallest absolute Gasteiger partial charge is 0.526 e. The van der Waals surface area contributed by atoms with Gasteiger partial charge in [0.25, 0.3) is 0 Å². The molecule has 0 unspecified atom stereocenters. The molecule has 0 bridgehead atoms. The summed E-state index contributed by atoms with van der Waals surface area (Å²) < 4.78 is 5.60. The second kappa shape index (κ2) is 7.85. The molecule has 2 aromatic rings. The topological polar surface area (TPSA) is 75.6 Å². The quantitative estimate of drug-likeness (QED) is 0.618. The number of fused-ring (bicyclic) bond motifs is 1. The molecule has 0 saturated carbocycles. The molecule has 0 radical (unpaired) electrons. The molecule has 0 fully saturated rings. The lowest BCUT2D eigenvalue weighted by Gasteiger charge is -2.28. The van der Waals surface area contributed by atoms with E-state index in [1.54, 1.807) is 12.1 Å². The van der Waals surface area contributed by atoms with Crippen LogP contribution < -0.4 is 9.97 Å². The zero-order chi connectivity index (χ0) is 18.7. The zero-order valence-corrected chi connectivity index (χ0v) is 15.0. The van der Waals surface area contributed by atoms with E-state index in [9.17, 15) is 14.6 Å². The van der Waals surface area contributed by atoms with E-state index in [2.05, 4.69) is 5.32 Å². The van der Waals surface area contributed by atoms with Gasteiger partial charge in [-0.25, -0.2) is 0 Å². The molecule has 1 heterocycles. The number of para-hydroxylation sites is 1. The summed E-state index contributed by atoms with van der Waals surface area (Å²) in [6.07, 6.45) is 0.692. The molecule has 0 aliphatic carbocycles. The van der Waals surface area contributed by atoms with E-state index in [1.807, 2.05) is 37.4 Å². The predicted octanol–water partition coefficient (Wildman–Crippen LogP) is 2.67. The molecule has 0 saturated heterocycles. The Kier molecular flexibility index (Phi) is 5.54. The average Bonchev–Trinajstić information content (AvgIpc) is 2.62. The Morgan fingerprint density at radius 1 is 1.23 bits per heavy atom. The molecule has 0 spiro atoms. The van der Waals surface area contributed by atoms with Gasteiger partial charge in [-0.1, -0.05) is 36.4 Å². The fraction of sp³-hybridized carbons (Fsp3) is 0.300. The number of benzene rings is 2. The Morgan fingerprint density at radius 2 is 1.96 bits per heavy atom. The van der Waals surface area contributed by atoms with Crippen LogP contribution in [0.2, 0.25) is 5.82 Å². The van der Waals surface area contributed by atoms with Crippen LogP contribution in [0, 0.1) is 0 Å². The summed E-state index contributed by atoms with van der Waals surface area (Å²) in [5, 5.41) is 13.4. The summed E-state index contributed by atoms with van der Waals surface area (Å²) in [4.78, 5) is 24.3. The third-order valence-electron chi connectivity index (χ3n) is 4.70. The summed E-state index contributed by atoms with van der Waals surface area (Å²) >= 11 is 0. The van der Waals surface area contributed by atoms with Gasteiger partial charge in [-0.15, -0.1) is 0 Å². The van der Waals surface area contributed by atoms with Crippen LogP contribution in [-0.2, 0) is 13.0 Å². The van der Waals surface area contributed by atoms with E-state index in [0.717, 1.165) is 17.7 Å². The number of nitrogens with one attached hydrogen (secondary N) is 1. The van der Waals surface area contributed by atoms with Crippen LogP contribution in [0.1, 0.15) is 45.2 Å². The summed E-state index contributed by atoms with van der Waals surface area (Å²) in [6, 6.07) is 12.8. The van der Waals surface area contributed by atoms with Crippen LogP contribution >= 0.6 is 0 Å². The number of ketones is 2. The van der Waals surface area contributed by atoms with Gasteiger partial charge in [0, 0.05) is 24.3 Å². The molecule has 26 heavy (non-hydrogen) atoms. The third-order valence-corrected chi connectivity index (χ3v) is 4.70. The normalized spacial score (nSPS) is 16.0. The number of carbonyl (C=O) groups is 2. The third kappa shape index (κ3) is 3.87. The highest BCUT2D eigenvalue weighted by molar-refractivity contribution is 6.47. The van der Waals surface area contributed by atoms with Crippen molar-refractivity contribution in [3.05, 3.63) is 64.7 Å². The van der Waals surface area contributed by atoms with Gasteiger partial charge in [-0.3, -0.25) is 9.59 Å². The number of Topliss-reactive ketones (excluding diaryl/α,β-unsaturated/α-hetero) is 2. The van der Waals surface area contributed by atoms with Crippen molar-refractivity contribution in [2.75, 3.05) is 7.05 Å². The van der Waals surface area contributed by atoms with Crippen molar-refractivity contribution in [1.29, 1.82) is 0 Å². The Bertz CT molecular complexity index is 819. The standard InChI is InChI=1S/C20H22BNO4/c1-13(23)18-5-3-4-16-10-17(21(25)26-20(16)18)11-19(24)15-8-6-14(7-9-15)12-22-2/h3-9,17,22,25H,10-12H2,1-2H3/t17-/m1/s1. The second-order valence-electron chi connectivity index (χ2n) is 6.68. The number of hydrogen-bond acceptors (Lipinski definition) is 5. The molecule has 1 aliphatic rings. The van der Waals surface area contributed by atoms with Crippen molar-refractivity contribution < 1.29 is 19.3 Å². The van der Waals surface area contributed by atoms with Crippen LogP contribution in [0.15, 0.2) is 42.5 Å². The molecule has 3 rings (SSSR count). The molecule has 5 nitrogen and oxygen atoms in total. The minimum Gasteiger partial charge on any atom is -0.535 e. The minimum atomic E-state index is -1.10. The van der Waals surface area contributed by atoms with Gasteiger partial charge in [0.15, 0.2) is 11.6 Å². The van der Waals surface area contributed by atoms with Gasteiger partial charge in [-0.05, 0) is 37.6 Å². The summed E-state index contributed by atoms with van der Waals surface area (Å²) in [7, 11) is 0.773. The molecular weight excluding hydrogens is 329 g/mol. The number of rotatable bonds is 6. The van der Waals surface area contributed by atoms with Gasteiger partial charge in [0.05, 0.1) is 5.56 Å². The van der Waals surface area contributed by atoms with Crippen molar-refractivity contribution in [3.63, 3.8) is 0 Å². The maximum atomic E-state index is 12.6. The highest BCUT2D eigenvalue weighted by Crippen LogP contribution is 2.36. The van der Waals surface area contributed by atoms with Crippen molar-refractivity contribution in [3.8, 4) is 5.75 Å². The largest absolute Gasteiger partial charge is 0.535 e. The Balaban J connectivity index is 1.73. The summed E-state index contributed by atoms with van der Waals surface area (Å²) in [6.45, 7) is 2.22. The van der Waals surface area contributed by atoms with E-state index in [1.165, 1.54) is 6.92 Å². The molecule has 6 heteroatoms. The zero-order valence-electron chi connectivity index (χ0n) is 15.0. The fourth-order valence-corrected chi connectivity index (χ4v) is 3.30. The van der Waals surface area contributed by atoms with Crippen molar-refractivity contribution in [2.45, 2.75) is 32.1 Å². The molecule has 1 atom stereocenters. The fourth-order valence-electron chi connectivity index (χ4n) is 3.30. The van der Waals surface area contributed by atoms with E-state index >= 15 is 0 Å². The molecule has 2 N–H and O–H groups in total.